The highest BCUT2D eigenvalue weighted by molar-refractivity contribution is 5.94. The summed E-state index contributed by atoms with van der Waals surface area (Å²) >= 11 is 0. The van der Waals surface area contributed by atoms with Crippen molar-refractivity contribution in [3.63, 3.8) is 0 Å². The van der Waals surface area contributed by atoms with Crippen LogP contribution < -0.4 is 10.6 Å². The summed E-state index contributed by atoms with van der Waals surface area (Å²) in [6, 6.07) is 15.6. The molecule has 2 aromatic rings. The first kappa shape index (κ1) is 24.8. The number of carboxylic acids is 1. The lowest BCUT2D eigenvalue weighted by atomic mass is 9.78. The Morgan fingerprint density at radius 2 is 1.59 bits per heavy atom. The predicted molar refractivity (Wildman–Crippen MR) is 129 cm³/mol. The van der Waals surface area contributed by atoms with Gasteiger partial charge in [0.1, 0.15) is 6.61 Å². The molecule has 2 amide bonds. The molecule has 0 saturated heterocycles. The van der Waals surface area contributed by atoms with Gasteiger partial charge in [-0.15, -0.1) is 0 Å². The Hall–Kier alpha value is -3.79. The number of nitrogens with one attached hydrogen (secondary N) is 2. The van der Waals surface area contributed by atoms with Crippen molar-refractivity contribution >= 4 is 18.0 Å². The molecule has 7 heteroatoms. The standard InChI is InChI=1S/C27H30N2O5/c1-17(2)24(27(3,4)25(31)32)29-23(30)14-9-15-28-26(33)34-16-22-20-12-7-5-10-18(20)19-11-6-8-13-21(19)22/h5-8,10-13,17,22,24H,15-16H2,1-4H3,(H,28,33)(H,29,30)(H,31,32). The molecular weight excluding hydrogens is 432 g/mol. The molecule has 3 rings (SSSR count). The van der Waals surface area contributed by atoms with Crippen molar-refractivity contribution in [1.29, 1.82) is 0 Å². The second kappa shape index (κ2) is 10.4. The smallest absolute Gasteiger partial charge is 0.407 e. The molecule has 3 N–H and O–H groups in total. The summed E-state index contributed by atoms with van der Waals surface area (Å²) in [5, 5.41) is 14.6. The Labute approximate surface area is 199 Å². The SMILES string of the molecule is CC(C)C(NC(=O)C#CCNC(=O)OCC1c2ccccc2-c2ccccc21)C(C)(C)C(=O)O. The number of alkyl carbamates (subject to hydrolysis) is 1. The second-order valence-electron chi connectivity index (χ2n) is 9.20. The highest BCUT2D eigenvalue weighted by Crippen LogP contribution is 2.44. The summed E-state index contributed by atoms with van der Waals surface area (Å²) in [5.41, 5.74) is 3.39. The minimum Gasteiger partial charge on any atom is -0.481 e. The summed E-state index contributed by atoms with van der Waals surface area (Å²) in [4.78, 5) is 35.9. The fraction of sp³-hybridized carbons (Fsp3) is 0.370. The Morgan fingerprint density at radius 1 is 1.03 bits per heavy atom. The van der Waals surface area contributed by atoms with Gasteiger partial charge in [0, 0.05) is 12.0 Å². The molecule has 34 heavy (non-hydrogen) atoms. The molecule has 0 radical (unpaired) electrons. The molecule has 1 aliphatic carbocycles. The van der Waals surface area contributed by atoms with Gasteiger partial charge >= 0.3 is 12.1 Å². The summed E-state index contributed by atoms with van der Waals surface area (Å²) in [7, 11) is 0. The van der Waals surface area contributed by atoms with Crippen LogP contribution in [0.15, 0.2) is 48.5 Å². The molecule has 0 fully saturated rings. The van der Waals surface area contributed by atoms with E-state index in [9.17, 15) is 19.5 Å². The van der Waals surface area contributed by atoms with E-state index in [0.717, 1.165) is 22.3 Å². The number of carbonyl (C=O) groups excluding carboxylic acids is 2. The van der Waals surface area contributed by atoms with Crippen LogP contribution in [0.3, 0.4) is 0 Å². The van der Waals surface area contributed by atoms with Crippen molar-refractivity contribution in [2.24, 2.45) is 11.3 Å². The van der Waals surface area contributed by atoms with Crippen molar-refractivity contribution in [2.75, 3.05) is 13.2 Å². The average Bonchev–Trinajstić information content (AvgIpc) is 3.12. The molecule has 0 bridgehead atoms. The van der Waals surface area contributed by atoms with Crippen LogP contribution >= 0.6 is 0 Å². The first-order valence-corrected chi connectivity index (χ1v) is 11.2. The molecule has 0 aromatic heterocycles. The quantitative estimate of drug-likeness (QED) is 0.543. The van der Waals surface area contributed by atoms with Gasteiger partial charge in [0.2, 0.25) is 0 Å². The van der Waals surface area contributed by atoms with E-state index in [4.69, 9.17) is 4.74 Å². The first-order chi connectivity index (χ1) is 16.1. The molecule has 7 nitrogen and oxygen atoms in total. The van der Waals surface area contributed by atoms with Crippen LogP contribution in [0.5, 0.6) is 0 Å². The van der Waals surface area contributed by atoms with Gasteiger partial charge in [-0.2, -0.15) is 0 Å². The lowest BCUT2D eigenvalue weighted by molar-refractivity contribution is -0.149. The number of carboxylic acid groups (broad SMARTS) is 1. The zero-order valence-electron chi connectivity index (χ0n) is 19.8. The maximum Gasteiger partial charge on any atom is 0.407 e. The number of ether oxygens (including phenoxy) is 1. The van der Waals surface area contributed by atoms with Crippen LogP contribution in [-0.2, 0) is 14.3 Å². The van der Waals surface area contributed by atoms with Gasteiger partial charge in [0.25, 0.3) is 5.91 Å². The van der Waals surface area contributed by atoms with Gasteiger partial charge in [-0.25, -0.2) is 4.79 Å². The first-order valence-electron chi connectivity index (χ1n) is 11.2. The minimum absolute atomic E-state index is 0.0411. The van der Waals surface area contributed by atoms with Crippen LogP contribution in [0, 0.1) is 23.2 Å². The molecule has 1 unspecified atom stereocenters. The normalized spacial score (nSPS) is 13.2. The molecule has 0 spiro atoms. The number of hydrogen-bond donors (Lipinski definition) is 3. The van der Waals surface area contributed by atoms with E-state index in [1.807, 2.05) is 50.2 Å². The third-order valence-corrected chi connectivity index (χ3v) is 6.15. The highest BCUT2D eigenvalue weighted by atomic mass is 16.5. The Bertz CT molecular complexity index is 1100. The number of benzene rings is 2. The lowest BCUT2D eigenvalue weighted by Gasteiger charge is -2.33. The van der Waals surface area contributed by atoms with Crippen LogP contribution in [0.1, 0.15) is 44.7 Å². The molecule has 2 aromatic carbocycles. The largest absolute Gasteiger partial charge is 0.481 e. The predicted octanol–water partition coefficient (Wildman–Crippen LogP) is 3.78. The van der Waals surface area contributed by atoms with E-state index >= 15 is 0 Å². The van der Waals surface area contributed by atoms with E-state index in [-0.39, 0.29) is 25.0 Å². The number of aliphatic carboxylic acids is 1. The zero-order chi connectivity index (χ0) is 24.9. The minimum atomic E-state index is -1.15. The van der Waals surface area contributed by atoms with Gasteiger partial charge in [-0.05, 0) is 47.9 Å². The van der Waals surface area contributed by atoms with Crippen molar-refractivity contribution in [3.8, 4) is 23.0 Å². The molecular formula is C27H30N2O5. The molecule has 178 valence electrons. The van der Waals surface area contributed by atoms with Gasteiger partial charge in [-0.3, -0.25) is 9.59 Å². The van der Waals surface area contributed by atoms with Crippen LogP contribution in [0.2, 0.25) is 0 Å². The fourth-order valence-electron chi connectivity index (χ4n) is 4.38. The Kier molecular flexibility index (Phi) is 7.62. The van der Waals surface area contributed by atoms with Gasteiger partial charge in [0.15, 0.2) is 0 Å². The summed E-state index contributed by atoms with van der Waals surface area (Å²) in [6.45, 7) is 6.91. The summed E-state index contributed by atoms with van der Waals surface area (Å²) in [5.74, 6) is 3.23. The summed E-state index contributed by atoms with van der Waals surface area (Å²) in [6.07, 6.45) is -0.622. The fourth-order valence-corrected chi connectivity index (χ4v) is 4.38. The zero-order valence-corrected chi connectivity index (χ0v) is 19.8. The third-order valence-electron chi connectivity index (χ3n) is 6.15. The number of amides is 2. The number of carbonyl (C=O) groups is 3. The van der Waals surface area contributed by atoms with E-state index < -0.39 is 29.4 Å². The lowest BCUT2D eigenvalue weighted by Crippen LogP contribution is -2.51. The number of hydrogen-bond acceptors (Lipinski definition) is 4. The molecule has 0 saturated carbocycles. The monoisotopic (exact) mass is 462 g/mol. The molecule has 0 heterocycles. The highest BCUT2D eigenvalue weighted by Gasteiger charge is 2.39. The average molecular weight is 463 g/mol. The molecule has 0 aliphatic heterocycles. The number of fused-ring (bicyclic) bond motifs is 3. The van der Waals surface area contributed by atoms with Crippen LogP contribution in [0.4, 0.5) is 4.79 Å². The van der Waals surface area contributed by atoms with Crippen molar-refractivity contribution in [3.05, 3.63) is 59.7 Å². The van der Waals surface area contributed by atoms with Crippen LogP contribution in [-0.4, -0.2) is 42.3 Å². The van der Waals surface area contributed by atoms with Gasteiger partial charge < -0.3 is 20.5 Å². The third kappa shape index (κ3) is 5.40. The van der Waals surface area contributed by atoms with E-state index in [1.165, 1.54) is 0 Å². The van der Waals surface area contributed by atoms with Gasteiger partial charge in [-0.1, -0.05) is 68.3 Å². The van der Waals surface area contributed by atoms with E-state index in [0.29, 0.717) is 0 Å². The maximum absolute atomic E-state index is 12.2. The second-order valence-corrected chi connectivity index (χ2v) is 9.20. The van der Waals surface area contributed by atoms with Gasteiger partial charge in [0.05, 0.1) is 12.0 Å². The van der Waals surface area contributed by atoms with Crippen molar-refractivity contribution < 1.29 is 24.2 Å². The maximum atomic E-state index is 12.2. The van der Waals surface area contributed by atoms with Crippen LogP contribution in [0.25, 0.3) is 11.1 Å². The Balaban J connectivity index is 1.52. The van der Waals surface area contributed by atoms with Crippen molar-refractivity contribution in [1.82, 2.24) is 10.6 Å². The molecule has 1 aliphatic rings. The van der Waals surface area contributed by atoms with E-state index in [1.54, 1.807) is 13.8 Å². The Morgan fingerprint density at radius 3 is 2.12 bits per heavy atom. The summed E-state index contributed by atoms with van der Waals surface area (Å²) < 4.78 is 5.43. The van der Waals surface area contributed by atoms with Crippen molar-refractivity contribution in [2.45, 2.75) is 39.7 Å². The molecule has 1 atom stereocenters. The van der Waals surface area contributed by atoms with E-state index in [2.05, 4.69) is 34.6 Å². The number of rotatable bonds is 7. The topological polar surface area (TPSA) is 105 Å².